The van der Waals surface area contributed by atoms with E-state index in [0.29, 0.717) is 26.1 Å². The molecule has 112 valence electrons. The molecule has 6 nitrogen and oxygen atoms in total. The highest BCUT2D eigenvalue weighted by Gasteiger charge is 2.34. The van der Waals surface area contributed by atoms with Crippen molar-refractivity contribution in [2.24, 2.45) is 11.8 Å². The van der Waals surface area contributed by atoms with E-state index in [9.17, 15) is 14.4 Å². The number of nitrogens with zero attached hydrogens (tertiary/aromatic N) is 2. The molecule has 0 bridgehead atoms. The van der Waals surface area contributed by atoms with Crippen LogP contribution in [0.25, 0.3) is 0 Å². The van der Waals surface area contributed by atoms with Gasteiger partial charge in [-0.2, -0.15) is 0 Å². The zero-order valence-corrected chi connectivity index (χ0v) is 11.9. The maximum atomic E-state index is 12.5. The first-order chi connectivity index (χ1) is 9.49. The fourth-order valence-electron chi connectivity index (χ4n) is 3.10. The van der Waals surface area contributed by atoms with Crippen molar-refractivity contribution in [2.75, 3.05) is 26.2 Å². The molecule has 2 saturated heterocycles. The van der Waals surface area contributed by atoms with Gasteiger partial charge in [0.2, 0.25) is 11.8 Å². The molecule has 2 amide bonds. The molecule has 0 radical (unpaired) electrons. The Morgan fingerprint density at radius 1 is 0.950 bits per heavy atom. The Morgan fingerprint density at radius 2 is 1.50 bits per heavy atom. The first-order valence-corrected chi connectivity index (χ1v) is 7.26. The lowest BCUT2D eigenvalue weighted by Gasteiger charge is -2.37. The highest BCUT2D eigenvalue weighted by molar-refractivity contribution is 5.81. The Bertz CT molecular complexity index is 374. The van der Waals surface area contributed by atoms with Gasteiger partial charge in [-0.05, 0) is 25.7 Å². The Balaban J connectivity index is 1.96. The third-order valence-corrected chi connectivity index (χ3v) is 4.30. The molecule has 0 saturated carbocycles. The molecule has 0 aromatic rings. The summed E-state index contributed by atoms with van der Waals surface area (Å²) in [6, 6.07) is 0. The average molecular weight is 282 g/mol. The largest absolute Gasteiger partial charge is 0.481 e. The van der Waals surface area contributed by atoms with Gasteiger partial charge < -0.3 is 14.9 Å². The second kappa shape index (κ2) is 6.24. The lowest BCUT2D eigenvalue weighted by atomic mass is 9.93. The zero-order valence-electron chi connectivity index (χ0n) is 11.9. The summed E-state index contributed by atoms with van der Waals surface area (Å²) in [5.74, 6) is -1.41. The van der Waals surface area contributed by atoms with Crippen molar-refractivity contribution in [2.45, 2.75) is 32.6 Å². The topological polar surface area (TPSA) is 77.9 Å². The van der Waals surface area contributed by atoms with E-state index in [2.05, 4.69) is 0 Å². The molecule has 2 aliphatic heterocycles. The SMILES string of the molecule is CC(=O)N1CCCC(C(=O)N2CCCC(C(=O)O)C2)C1. The van der Waals surface area contributed by atoms with E-state index in [1.807, 2.05) is 0 Å². The Labute approximate surface area is 118 Å². The number of amides is 2. The first kappa shape index (κ1) is 14.8. The number of carbonyl (C=O) groups is 3. The summed E-state index contributed by atoms with van der Waals surface area (Å²) >= 11 is 0. The van der Waals surface area contributed by atoms with E-state index >= 15 is 0 Å². The number of hydrogen-bond acceptors (Lipinski definition) is 3. The predicted molar refractivity (Wildman–Crippen MR) is 71.9 cm³/mol. The predicted octanol–water partition coefficient (Wildman–Crippen LogP) is 0.568. The van der Waals surface area contributed by atoms with Crippen LogP contribution in [-0.4, -0.2) is 58.9 Å². The summed E-state index contributed by atoms with van der Waals surface area (Å²) < 4.78 is 0. The van der Waals surface area contributed by atoms with Gasteiger partial charge >= 0.3 is 5.97 Å². The van der Waals surface area contributed by atoms with Gasteiger partial charge in [0.25, 0.3) is 0 Å². The van der Waals surface area contributed by atoms with Crippen molar-refractivity contribution in [3.05, 3.63) is 0 Å². The Kier molecular flexibility index (Phi) is 4.62. The minimum Gasteiger partial charge on any atom is -0.481 e. The number of likely N-dealkylation sites (tertiary alicyclic amines) is 2. The van der Waals surface area contributed by atoms with Crippen LogP contribution in [-0.2, 0) is 14.4 Å². The number of rotatable bonds is 2. The van der Waals surface area contributed by atoms with Crippen molar-refractivity contribution >= 4 is 17.8 Å². The molecule has 6 heteroatoms. The monoisotopic (exact) mass is 282 g/mol. The standard InChI is InChI=1S/C14H22N2O4/c1-10(17)15-6-2-4-11(8-15)13(18)16-7-3-5-12(9-16)14(19)20/h11-12H,2-9H2,1H3,(H,19,20). The molecular weight excluding hydrogens is 260 g/mol. The van der Waals surface area contributed by atoms with Gasteiger partial charge in [0.1, 0.15) is 0 Å². The van der Waals surface area contributed by atoms with Gasteiger partial charge in [0.05, 0.1) is 11.8 Å². The van der Waals surface area contributed by atoms with Crippen LogP contribution in [0.3, 0.4) is 0 Å². The summed E-state index contributed by atoms with van der Waals surface area (Å²) in [5, 5.41) is 9.07. The van der Waals surface area contributed by atoms with Crippen molar-refractivity contribution < 1.29 is 19.5 Å². The molecular formula is C14H22N2O4. The summed E-state index contributed by atoms with van der Waals surface area (Å²) in [6.07, 6.45) is 3.01. The molecule has 2 aliphatic rings. The van der Waals surface area contributed by atoms with E-state index in [0.717, 1.165) is 25.8 Å². The van der Waals surface area contributed by atoms with Gasteiger partial charge in [-0.1, -0.05) is 0 Å². The molecule has 2 heterocycles. The van der Waals surface area contributed by atoms with Crippen LogP contribution in [0.4, 0.5) is 0 Å². The quantitative estimate of drug-likeness (QED) is 0.803. The number of piperidine rings is 2. The molecule has 0 spiro atoms. The van der Waals surface area contributed by atoms with Gasteiger partial charge in [0.15, 0.2) is 0 Å². The molecule has 0 aromatic carbocycles. The number of carbonyl (C=O) groups excluding carboxylic acids is 2. The third kappa shape index (κ3) is 3.29. The molecule has 20 heavy (non-hydrogen) atoms. The van der Waals surface area contributed by atoms with Gasteiger partial charge in [-0.15, -0.1) is 0 Å². The van der Waals surface area contributed by atoms with E-state index < -0.39 is 11.9 Å². The molecule has 2 rings (SSSR count). The number of hydrogen-bond donors (Lipinski definition) is 1. The van der Waals surface area contributed by atoms with Crippen molar-refractivity contribution in [1.82, 2.24) is 9.80 Å². The lowest BCUT2D eigenvalue weighted by molar-refractivity contribution is -0.147. The first-order valence-electron chi connectivity index (χ1n) is 7.26. The molecule has 1 N–H and O–H groups in total. The summed E-state index contributed by atoms with van der Waals surface area (Å²) in [4.78, 5) is 38.3. The van der Waals surface area contributed by atoms with E-state index in [1.165, 1.54) is 6.92 Å². The van der Waals surface area contributed by atoms with Crippen LogP contribution in [0.15, 0.2) is 0 Å². The normalized spacial score (nSPS) is 27.2. The number of aliphatic carboxylic acids is 1. The second-order valence-corrected chi connectivity index (χ2v) is 5.77. The fourth-order valence-corrected chi connectivity index (χ4v) is 3.10. The van der Waals surface area contributed by atoms with E-state index in [4.69, 9.17) is 5.11 Å². The summed E-state index contributed by atoms with van der Waals surface area (Å²) in [6.45, 7) is 3.66. The van der Waals surface area contributed by atoms with Crippen LogP contribution in [0.2, 0.25) is 0 Å². The van der Waals surface area contributed by atoms with Crippen LogP contribution < -0.4 is 0 Å². The molecule has 0 aliphatic carbocycles. The summed E-state index contributed by atoms with van der Waals surface area (Å²) in [7, 11) is 0. The van der Waals surface area contributed by atoms with E-state index in [-0.39, 0.29) is 17.7 Å². The minimum absolute atomic E-state index is 0.00422. The zero-order chi connectivity index (χ0) is 14.7. The summed E-state index contributed by atoms with van der Waals surface area (Å²) in [5.41, 5.74) is 0. The lowest BCUT2D eigenvalue weighted by Crippen LogP contribution is -2.49. The van der Waals surface area contributed by atoms with Crippen LogP contribution in [0.5, 0.6) is 0 Å². The van der Waals surface area contributed by atoms with Gasteiger partial charge in [-0.3, -0.25) is 14.4 Å². The molecule has 2 fully saturated rings. The highest BCUT2D eigenvalue weighted by atomic mass is 16.4. The fraction of sp³-hybridized carbons (Fsp3) is 0.786. The maximum Gasteiger partial charge on any atom is 0.308 e. The van der Waals surface area contributed by atoms with Crippen LogP contribution in [0, 0.1) is 11.8 Å². The molecule has 2 unspecified atom stereocenters. The van der Waals surface area contributed by atoms with Crippen molar-refractivity contribution in [3.63, 3.8) is 0 Å². The van der Waals surface area contributed by atoms with Gasteiger partial charge in [0, 0.05) is 33.1 Å². The van der Waals surface area contributed by atoms with Crippen LogP contribution in [0.1, 0.15) is 32.6 Å². The highest BCUT2D eigenvalue weighted by Crippen LogP contribution is 2.23. The Hall–Kier alpha value is -1.59. The Morgan fingerprint density at radius 3 is 2.10 bits per heavy atom. The van der Waals surface area contributed by atoms with Crippen molar-refractivity contribution in [3.8, 4) is 0 Å². The van der Waals surface area contributed by atoms with Gasteiger partial charge in [-0.25, -0.2) is 0 Å². The number of carboxylic acids is 1. The van der Waals surface area contributed by atoms with Crippen LogP contribution >= 0.6 is 0 Å². The number of carboxylic acid groups (broad SMARTS) is 1. The van der Waals surface area contributed by atoms with E-state index in [1.54, 1.807) is 9.80 Å². The minimum atomic E-state index is -0.823. The second-order valence-electron chi connectivity index (χ2n) is 5.77. The molecule has 2 atom stereocenters. The average Bonchev–Trinajstić information content (AvgIpc) is 2.46. The van der Waals surface area contributed by atoms with Crippen molar-refractivity contribution in [1.29, 1.82) is 0 Å². The molecule has 0 aromatic heterocycles. The maximum absolute atomic E-state index is 12.5. The third-order valence-electron chi connectivity index (χ3n) is 4.30. The smallest absolute Gasteiger partial charge is 0.308 e.